The van der Waals surface area contributed by atoms with Crippen molar-refractivity contribution in [3.8, 4) is 5.75 Å². The molecule has 1 aromatic carbocycles. The standard InChI is InChI=1S/C13H18ClF2N3O/c1-3-17-13(18-4-2)19-8-9-7-10(14)5-6-11(9)20-12(15)16/h5-7,12H,3-4,8H2,1-2H3,(H2,17,18,19). The minimum Gasteiger partial charge on any atom is -0.434 e. The number of alkyl halides is 2. The lowest BCUT2D eigenvalue weighted by molar-refractivity contribution is -0.0504. The highest BCUT2D eigenvalue weighted by molar-refractivity contribution is 6.30. The highest BCUT2D eigenvalue weighted by atomic mass is 35.5. The van der Waals surface area contributed by atoms with Crippen molar-refractivity contribution in [2.45, 2.75) is 27.0 Å². The van der Waals surface area contributed by atoms with Gasteiger partial charge in [0.05, 0.1) is 6.54 Å². The van der Waals surface area contributed by atoms with E-state index in [9.17, 15) is 8.78 Å². The van der Waals surface area contributed by atoms with Crippen LogP contribution in [-0.4, -0.2) is 25.7 Å². The van der Waals surface area contributed by atoms with Gasteiger partial charge in [0.15, 0.2) is 5.96 Å². The fraction of sp³-hybridized carbons (Fsp3) is 0.462. The average molecular weight is 306 g/mol. The molecular formula is C13H18ClF2N3O. The summed E-state index contributed by atoms with van der Waals surface area (Å²) in [6.45, 7) is 2.62. The highest BCUT2D eigenvalue weighted by Crippen LogP contribution is 2.25. The van der Waals surface area contributed by atoms with Crippen molar-refractivity contribution in [2.75, 3.05) is 13.1 Å². The van der Waals surface area contributed by atoms with E-state index in [4.69, 9.17) is 11.6 Å². The summed E-state index contributed by atoms with van der Waals surface area (Å²) in [6.07, 6.45) is 0. The van der Waals surface area contributed by atoms with Crippen LogP contribution in [0, 0.1) is 0 Å². The summed E-state index contributed by atoms with van der Waals surface area (Å²) >= 11 is 5.87. The lowest BCUT2D eigenvalue weighted by Gasteiger charge is -2.12. The maximum absolute atomic E-state index is 12.3. The molecule has 0 unspecified atom stereocenters. The van der Waals surface area contributed by atoms with E-state index in [-0.39, 0.29) is 12.3 Å². The molecule has 0 aliphatic rings. The van der Waals surface area contributed by atoms with E-state index in [1.807, 2.05) is 13.8 Å². The second-order valence-corrected chi connectivity index (χ2v) is 4.29. The van der Waals surface area contributed by atoms with Gasteiger partial charge < -0.3 is 15.4 Å². The second-order valence-electron chi connectivity index (χ2n) is 3.86. The van der Waals surface area contributed by atoms with E-state index in [0.29, 0.717) is 29.6 Å². The highest BCUT2D eigenvalue weighted by Gasteiger charge is 2.10. The Balaban J connectivity index is 2.88. The number of hydrogen-bond acceptors (Lipinski definition) is 2. The topological polar surface area (TPSA) is 45.7 Å². The number of rotatable bonds is 6. The number of benzene rings is 1. The van der Waals surface area contributed by atoms with Crippen LogP contribution in [0.5, 0.6) is 5.75 Å². The molecule has 0 aliphatic heterocycles. The van der Waals surface area contributed by atoms with Gasteiger partial charge in [-0.1, -0.05) is 11.6 Å². The molecule has 0 heterocycles. The lowest BCUT2D eigenvalue weighted by atomic mass is 10.2. The van der Waals surface area contributed by atoms with Crippen molar-refractivity contribution in [2.24, 2.45) is 4.99 Å². The molecule has 4 nitrogen and oxygen atoms in total. The Kier molecular flexibility index (Phi) is 7.08. The summed E-state index contributed by atoms with van der Waals surface area (Å²) < 4.78 is 29.1. The van der Waals surface area contributed by atoms with Crippen molar-refractivity contribution >= 4 is 17.6 Å². The molecule has 0 spiro atoms. The molecule has 112 valence electrons. The van der Waals surface area contributed by atoms with Crippen molar-refractivity contribution in [1.29, 1.82) is 0 Å². The van der Waals surface area contributed by atoms with E-state index in [2.05, 4.69) is 20.4 Å². The van der Waals surface area contributed by atoms with Crippen LogP contribution in [0.2, 0.25) is 5.02 Å². The van der Waals surface area contributed by atoms with E-state index >= 15 is 0 Å². The summed E-state index contributed by atoms with van der Waals surface area (Å²) in [5, 5.41) is 6.54. The summed E-state index contributed by atoms with van der Waals surface area (Å²) in [5.74, 6) is 0.693. The maximum atomic E-state index is 12.3. The van der Waals surface area contributed by atoms with Gasteiger partial charge in [0.2, 0.25) is 0 Å². The van der Waals surface area contributed by atoms with Gasteiger partial charge >= 0.3 is 6.61 Å². The van der Waals surface area contributed by atoms with Crippen LogP contribution < -0.4 is 15.4 Å². The third-order valence-corrected chi connectivity index (χ3v) is 2.57. The molecule has 0 saturated carbocycles. The zero-order valence-electron chi connectivity index (χ0n) is 11.4. The van der Waals surface area contributed by atoms with Gasteiger partial charge in [-0.15, -0.1) is 0 Å². The molecule has 0 atom stereocenters. The van der Waals surface area contributed by atoms with Gasteiger partial charge in [0, 0.05) is 23.7 Å². The average Bonchev–Trinajstić information content (AvgIpc) is 2.39. The first-order valence-electron chi connectivity index (χ1n) is 6.32. The van der Waals surface area contributed by atoms with Gasteiger partial charge in [-0.25, -0.2) is 4.99 Å². The maximum Gasteiger partial charge on any atom is 0.387 e. The minimum atomic E-state index is -2.87. The number of nitrogens with one attached hydrogen (secondary N) is 2. The Morgan fingerprint density at radius 1 is 1.30 bits per heavy atom. The number of ether oxygens (including phenoxy) is 1. The third kappa shape index (κ3) is 5.61. The summed E-state index contributed by atoms with van der Waals surface area (Å²) in [4.78, 5) is 4.29. The Morgan fingerprint density at radius 3 is 2.50 bits per heavy atom. The largest absolute Gasteiger partial charge is 0.434 e. The zero-order chi connectivity index (χ0) is 15.0. The van der Waals surface area contributed by atoms with Crippen LogP contribution in [0.4, 0.5) is 8.78 Å². The quantitative estimate of drug-likeness (QED) is 0.627. The van der Waals surface area contributed by atoms with Crippen molar-refractivity contribution < 1.29 is 13.5 Å². The van der Waals surface area contributed by atoms with Gasteiger partial charge in [-0.3, -0.25) is 0 Å². The van der Waals surface area contributed by atoms with Crippen LogP contribution in [0.25, 0.3) is 0 Å². The molecule has 0 aliphatic carbocycles. The number of nitrogens with zero attached hydrogens (tertiary/aromatic N) is 1. The molecular weight excluding hydrogens is 288 g/mol. The first-order valence-corrected chi connectivity index (χ1v) is 6.70. The molecule has 0 saturated heterocycles. The Morgan fingerprint density at radius 2 is 1.95 bits per heavy atom. The second kappa shape index (κ2) is 8.58. The van der Waals surface area contributed by atoms with Crippen LogP contribution in [0.1, 0.15) is 19.4 Å². The molecule has 1 rings (SSSR count). The van der Waals surface area contributed by atoms with Crippen molar-refractivity contribution in [1.82, 2.24) is 10.6 Å². The number of hydrogen-bond donors (Lipinski definition) is 2. The molecule has 0 amide bonds. The fourth-order valence-corrected chi connectivity index (χ4v) is 1.75. The van der Waals surface area contributed by atoms with Crippen LogP contribution in [-0.2, 0) is 6.54 Å². The summed E-state index contributed by atoms with van der Waals surface area (Å²) in [5.41, 5.74) is 0.506. The predicted molar refractivity (Wildman–Crippen MR) is 76.6 cm³/mol. The van der Waals surface area contributed by atoms with Crippen molar-refractivity contribution in [3.63, 3.8) is 0 Å². The van der Waals surface area contributed by atoms with Crippen LogP contribution in [0.15, 0.2) is 23.2 Å². The predicted octanol–water partition coefficient (Wildman–Crippen LogP) is 3.02. The first kappa shape index (κ1) is 16.5. The Bertz CT molecular complexity index is 447. The molecule has 0 bridgehead atoms. The number of aliphatic imine (C=N–C) groups is 1. The monoisotopic (exact) mass is 305 g/mol. The number of halogens is 3. The first-order chi connectivity index (χ1) is 9.56. The SMILES string of the molecule is CCNC(=NCc1cc(Cl)ccc1OC(F)F)NCC. The van der Waals surface area contributed by atoms with E-state index < -0.39 is 6.61 Å². The normalized spacial score (nSPS) is 10.3. The van der Waals surface area contributed by atoms with E-state index in [1.165, 1.54) is 12.1 Å². The molecule has 0 aromatic heterocycles. The summed E-state index contributed by atoms with van der Waals surface area (Å²) in [6, 6.07) is 4.49. The van der Waals surface area contributed by atoms with Gasteiger partial charge in [-0.05, 0) is 32.0 Å². The fourth-order valence-electron chi connectivity index (χ4n) is 1.56. The van der Waals surface area contributed by atoms with Gasteiger partial charge in [-0.2, -0.15) is 8.78 Å². The minimum absolute atomic E-state index is 0.0838. The molecule has 20 heavy (non-hydrogen) atoms. The summed E-state index contributed by atoms with van der Waals surface area (Å²) in [7, 11) is 0. The molecule has 0 radical (unpaired) electrons. The van der Waals surface area contributed by atoms with E-state index in [0.717, 1.165) is 0 Å². The zero-order valence-corrected chi connectivity index (χ0v) is 12.2. The van der Waals surface area contributed by atoms with E-state index in [1.54, 1.807) is 6.07 Å². The van der Waals surface area contributed by atoms with Crippen LogP contribution in [0.3, 0.4) is 0 Å². The molecule has 2 N–H and O–H groups in total. The van der Waals surface area contributed by atoms with Crippen molar-refractivity contribution in [3.05, 3.63) is 28.8 Å². The Labute approximate surface area is 122 Å². The van der Waals surface area contributed by atoms with Gasteiger partial charge in [0.1, 0.15) is 5.75 Å². The lowest BCUT2D eigenvalue weighted by Crippen LogP contribution is -2.36. The van der Waals surface area contributed by atoms with Crippen LogP contribution >= 0.6 is 11.6 Å². The smallest absolute Gasteiger partial charge is 0.387 e. The molecule has 7 heteroatoms. The third-order valence-electron chi connectivity index (χ3n) is 2.33. The van der Waals surface area contributed by atoms with Gasteiger partial charge in [0.25, 0.3) is 0 Å². The molecule has 1 aromatic rings. The number of guanidine groups is 1. The molecule has 0 fully saturated rings. The Hall–Kier alpha value is -1.56.